The van der Waals surface area contributed by atoms with Gasteiger partial charge in [-0.15, -0.1) is 0 Å². The highest BCUT2D eigenvalue weighted by molar-refractivity contribution is 6.32. The zero-order valence-electron chi connectivity index (χ0n) is 15.8. The Bertz CT molecular complexity index is 1230. The third-order valence-electron chi connectivity index (χ3n) is 4.84. The van der Waals surface area contributed by atoms with E-state index in [1.54, 1.807) is 10.7 Å². The molecule has 0 saturated heterocycles. The van der Waals surface area contributed by atoms with Crippen molar-refractivity contribution in [2.24, 2.45) is 0 Å². The van der Waals surface area contributed by atoms with Crippen molar-refractivity contribution >= 4 is 22.5 Å². The van der Waals surface area contributed by atoms with Gasteiger partial charge in [-0.1, -0.05) is 35.9 Å². The van der Waals surface area contributed by atoms with Crippen LogP contribution >= 0.6 is 11.6 Å². The number of hydrogen-bond acceptors (Lipinski definition) is 3. The Morgan fingerprint density at radius 2 is 1.81 bits per heavy atom. The van der Waals surface area contributed by atoms with Gasteiger partial charge in [0.1, 0.15) is 29.0 Å². The average molecular weight is 451 g/mol. The molecule has 0 spiro atoms. The van der Waals surface area contributed by atoms with Gasteiger partial charge < -0.3 is 9.84 Å². The number of nitrogens with zero attached hydrogens (tertiary/aromatic N) is 2. The van der Waals surface area contributed by atoms with E-state index in [4.69, 9.17) is 16.3 Å². The van der Waals surface area contributed by atoms with Crippen LogP contribution < -0.4 is 4.74 Å². The third kappa shape index (κ3) is 3.96. The Morgan fingerprint density at radius 3 is 2.52 bits per heavy atom. The lowest BCUT2D eigenvalue weighted by Gasteiger charge is -2.28. The molecule has 0 amide bonds. The van der Waals surface area contributed by atoms with Gasteiger partial charge in [0.05, 0.1) is 17.4 Å². The Morgan fingerprint density at radius 1 is 1.06 bits per heavy atom. The van der Waals surface area contributed by atoms with Crippen molar-refractivity contribution in [2.75, 3.05) is 6.61 Å². The van der Waals surface area contributed by atoms with E-state index < -0.39 is 41.0 Å². The number of fused-ring (bicyclic) bond motifs is 1. The van der Waals surface area contributed by atoms with Crippen LogP contribution in [0, 0.1) is 11.6 Å². The number of aromatic nitrogens is 2. The molecule has 0 aliphatic rings. The molecule has 1 N–H and O–H groups in total. The molecule has 1 heterocycles. The van der Waals surface area contributed by atoms with Crippen molar-refractivity contribution in [2.45, 2.75) is 12.0 Å². The molecule has 0 radical (unpaired) electrons. The van der Waals surface area contributed by atoms with Crippen molar-refractivity contribution < 1.29 is 27.4 Å². The molecule has 1 aromatic heterocycles. The second-order valence-electron chi connectivity index (χ2n) is 6.88. The van der Waals surface area contributed by atoms with Crippen molar-refractivity contribution in [3.8, 4) is 11.4 Å². The second-order valence-corrected chi connectivity index (χ2v) is 7.26. The van der Waals surface area contributed by atoms with Gasteiger partial charge in [0.25, 0.3) is 6.43 Å². The SMILES string of the molecule is OC(COc1cc(F)cc(F)c1Cl)(c1ccc2c(cnn2-c2ccccc2)c1)C(F)F. The minimum Gasteiger partial charge on any atom is -0.488 e. The number of para-hydroxylation sites is 1. The maximum absolute atomic E-state index is 13.9. The number of alkyl halides is 2. The summed E-state index contributed by atoms with van der Waals surface area (Å²) in [5, 5.41) is 14.9. The lowest BCUT2D eigenvalue weighted by Crippen LogP contribution is -2.40. The fraction of sp³-hybridized carbons (Fsp3) is 0.136. The van der Waals surface area contributed by atoms with E-state index in [2.05, 4.69) is 5.10 Å². The molecule has 160 valence electrons. The van der Waals surface area contributed by atoms with Gasteiger partial charge in [0, 0.05) is 17.5 Å². The Hall–Kier alpha value is -3.10. The van der Waals surface area contributed by atoms with E-state index in [0.717, 1.165) is 11.8 Å². The van der Waals surface area contributed by atoms with Crippen LogP contribution in [0.4, 0.5) is 17.6 Å². The summed E-state index contributed by atoms with van der Waals surface area (Å²) in [6.07, 6.45) is -1.77. The molecular formula is C22H15ClF4N2O2. The molecule has 1 atom stereocenters. The number of benzene rings is 3. The highest BCUT2D eigenvalue weighted by Crippen LogP contribution is 2.34. The largest absolute Gasteiger partial charge is 0.488 e. The standard InChI is InChI=1S/C22H15ClF4N2O2/c23-20-17(25)9-15(24)10-19(20)31-12-22(30,21(26)27)14-6-7-18-13(8-14)11-28-29(18)16-4-2-1-3-5-16/h1-11,21,30H,12H2. The molecule has 4 nitrogen and oxygen atoms in total. The molecule has 0 saturated carbocycles. The van der Waals surface area contributed by atoms with Crippen LogP contribution in [0.3, 0.4) is 0 Å². The van der Waals surface area contributed by atoms with Gasteiger partial charge in [-0.3, -0.25) is 0 Å². The van der Waals surface area contributed by atoms with E-state index >= 15 is 0 Å². The van der Waals surface area contributed by atoms with Crippen LogP contribution in [0.5, 0.6) is 5.75 Å². The number of ether oxygens (including phenoxy) is 1. The van der Waals surface area contributed by atoms with Crippen molar-refractivity contribution in [1.29, 1.82) is 0 Å². The summed E-state index contributed by atoms with van der Waals surface area (Å²) in [6.45, 7) is -0.981. The predicted octanol–water partition coefficient (Wildman–Crippen LogP) is 5.49. The summed E-state index contributed by atoms with van der Waals surface area (Å²) >= 11 is 5.71. The molecule has 0 aliphatic heterocycles. The van der Waals surface area contributed by atoms with Gasteiger partial charge in [0.15, 0.2) is 5.60 Å². The van der Waals surface area contributed by atoms with Crippen LogP contribution in [0.1, 0.15) is 5.56 Å². The molecule has 4 aromatic rings. The molecule has 0 aliphatic carbocycles. The van der Waals surface area contributed by atoms with Crippen LogP contribution in [-0.2, 0) is 5.60 Å². The van der Waals surface area contributed by atoms with Gasteiger partial charge in [-0.2, -0.15) is 5.10 Å². The Labute approximate surface area is 179 Å². The summed E-state index contributed by atoms with van der Waals surface area (Å²) < 4.78 is 61.5. The number of rotatable bonds is 6. The van der Waals surface area contributed by atoms with Gasteiger partial charge in [0.2, 0.25) is 0 Å². The Balaban J connectivity index is 1.68. The van der Waals surface area contributed by atoms with E-state index in [1.165, 1.54) is 18.3 Å². The third-order valence-corrected chi connectivity index (χ3v) is 5.20. The zero-order chi connectivity index (χ0) is 22.2. The first-order chi connectivity index (χ1) is 14.8. The normalized spacial score (nSPS) is 13.5. The van der Waals surface area contributed by atoms with E-state index in [1.807, 2.05) is 30.3 Å². The van der Waals surface area contributed by atoms with Crippen molar-refractivity contribution in [1.82, 2.24) is 9.78 Å². The van der Waals surface area contributed by atoms with Gasteiger partial charge >= 0.3 is 0 Å². The lowest BCUT2D eigenvalue weighted by molar-refractivity contribution is -0.124. The number of halogens is 5. The maximum Gasteiger partial charge on any atom is 0.274 e. The van der Waals surface area contributed by atoms with Gasteiger partial charge in [-0.25, -0.2) is 22.2 Å². The summed E-state index contributed by atoms with van der Waals surface area (Å²) in [7, 11) is 0. The smallest absolute Gasteiger partial charge is 0.274 e. The monoisotopic (exact) mass is 450 g/mol. The quantitative estimate of drug-likeness (QED) is 0.312. The molecular weight excluding hydrogens is 436 g/mol. The predicted molar refractivity (Wildman–Crippen MR) is 108 cm³/mol. The lowest BCUT2D eigenvalue weighted by atomic mass is 9.94. The zero-order valence-corrected chi connectivity index (χ0v) is 16.5. The van der Waals surface area contributed by atoms with E-state index in [0.29, 0.717) is 17.0 Å². The highest BCUT2D eigenvalue weighted by atomic mass is 35.5. The van der Waals surface area contributed by atoms with Gasteiger partial charge in [-0.05, 0) is 29.8 Å². The first-order valence-corrected chi connectivity index (χ1v) is 9.49. The summed E-state index contributed by atoms with van der Waals surface area (Å²) in [5.74, 6) is -2.59. The molecule has 0 bridgehead atoms. The fourth-order valence-electron chi connectivity index (χ4n) is 3.17. The van der Waals surface area contributed by atoms with Crippen LogP contribution in [-0.4, -0.2) is 27.9 Å². The molecule has 4 rings (SSSR count). The van der Waals surface area contributed by atoms with Crippen molar-refractivity contribution in [3.05, 3.63) is 89.1 Å². The minimum atomic E-state index is -3.26. The van der Waals surface area contributed by atoms with E-state index in [9.17, 15) is 22.7 Å². The summed E-state index contributed by atoms with van der Waals surface area (Å²) in [4.78, 5) is 0. The number of hydrogen-bond donors (Lipinski definition) is 1. The topological polar surface area (TPSA) is 47.3 Å². The van der Waals surface area contributed by atoms with Crippen LogP contribution in [0.2, 0.25) is 5.02 Å². The molecule has 9 heteroatoms. The maximum atomic E-state index is 13.9. The first kappa shape index (κ1) is 21.1. The molecule has 0 fully saturated rings. The van der Waals surface area contributed by atoms with Crippen LogP contribution in [0.15, 0.2) is 66.9 Å². The molecule has 1 unspecified atom stereocenters. The first-order valence-electron chi connectivity index (χ1n) is 9.11. The summed E-state index contributed by atoms with van der Waals surface area (Å²) in [6, 6.07) is 14.7. The molecule has 3 aromatic carbocycles. The van der Waals surface area contributed by atoms with E-state index in [-0.39, 0.29) is 5.56 Å². The Kier molecular flexibility index (Phi) is 5.60. The average Bonchev–Trinajstić information content (AvgIpc) is 3.18. The second kappa shape index (κ2) is 8.20. The van der Waals surface area contributed by atoms with Crippen LogP contribution in [0.25, 0.3) is 16.6 Å². The summed E-state index contributed by atoms with van der Waals surface area (Å²) in [5.41, 5.74) is -1.48. The highest BCUT2D eigenvalue weighted by Gasteiger charge is 2.41. The molecule has 31 heavy (non-hydrogen) atoms. The fourth-order valence-corrected chi connectivity index (χ4v) is 3.34. The number of aliphatic hydroxyl groups is 1. The van der Waals surface area contributed by atoms with Crippen molar-refractivity contribution in [3.63, 3.8) is 0 Å². The minimum absolute atomic E-state index is 0.143.